The van der Waals surface area contributed by atoms with E-state index in [1.54, 1.807) is 45.0 Å². The number of nitrogens with two attached hydrogens (primary N) is 1. The molecule has 202 valence electrons. The molecule has 2 aliphatic rings. The van der Waals surface area contributed by atoms with E-state index in [9.17, 15) is 23.1 Å². The minimum atomic E-state index is -4.33. The van der Waals surface area contributed by atoms with Gasteiger partial charge in [0.05, 0.1) is 5.69 Å². The van der Waals surface area contributed by atoms with Crippen LogP contribution in [0, 0.1) is 5.92 Å². The number of ether oxygens (including phenoxy) is 1. The van der Waals surface area contributed by atoms with Crippen LogP contribution in [0.15, 0.2) is 57.3 Å². The van der Waals surface area contributed by atoms with Crippen LogP contribution in [0.1, 0.15) is 58.6 Å². The Kier molecular flexibility index (Phi) is 6.87. The Morgan fingerprint density at radius 3 is 2.55 bits per heavy atom. The molecule has 4 rings (SSSR count). The van der Waals surface area contributed by atoms with Crippen molar-refractivity contribution in [3.05, 3.63) is 59.2 Å². The lowest BCUT2D eigenvalue weighted by Crippen LogP contribution is -2.50. The zero-order valence-corrected chi connectivity index (χ0v) is 22.8. The first-order valence-electron chi connectivity index (χ1n) is 12.3. The Bertz CT molecular complexity index is 1490. The standard InChI is InChI=1S/C27H32N4O6S/c1-15(2)12-13-27(28)18-9-7-6-8-17(18)22(32)21(23(27)33)24-30-19-11-10-16(14-20(19)38(35,36)31-24)29-25(34)37-26(3,4)5/h6-11,14-15,32H,12-13,28H2,1-5H3,(H,29,34)(H,30,31). The van der Waals surface area contributed by atoms with E-state index in [1.807, 2.05) is 13.8 Å². The number of fused-ring (bicyclic) bond motifs is 2. The highest BCUT2D eigenvalue weighted by molar-refractivity contribution is 7.90. The number of rotatable bonds is 5. The Morgan fingerprint density at radius 2 is 1.89 bits per heavy atom. The summed E-state index contributed by atoms with van der Waals surface area (Å²) >= 11 is 0. The van der Waals surface area contributed by atoms with Crippen molar-refractivity contribution >= 4 is 44.9 Å². The third kappa shape index (κ3) is 5.16. The van der Waals surface area contributed by atoms with Gasteiger partial charge in [-0.1, -0.05) is 38.1 Å². The summed E-state index contributed by atoms with van der Waals surface area (Å²) < 4.78 is 35.5. The molecule has 1 aliphatic carbocycles. The van der Waals surface area contributed by atoms with Gasteiger partial charge in [-0.15, -0.1) is 4.40 Å². The lowest BCUT2D eigenvalue weighted by molar-refractivity contribution is -0.120. The largest absolute Gasteiger partial charge is 0.506 e. The number of aliphatic hydroxyl groups excluding tert-OH is 1. The molecule has 0 bridgehead atoms. The van der Waals surface area contributed by atoms with E-state index in [0.29, 0.717) is 24.0 Å². The van der Waals surface area contributed by atoms with Gasteiger partial charge in [0.2, 0.25) is 0 Å². The zero-order chi connectivity index (χ0) is 28.0. The summed E-state index contributed by atoms with van der Waals surface area (Å²) in [5.41, 5.74) is 5.34. The van der Waals surface area contributed by atoms with Crippen LogP contribution in [0.3, 0.4) is 0 Å². The third-order valence-corrected chi connectivity index (χ3v) is 7.57. The first kappa shape index (κ1) is 27.3. The number of carbonyl (C=O) groups excluding carboxylic acids is 2. The van der Waals surface area contributed by atoms with Crippen molar-refractivity contribution in [3.8, 4) is 0 Å². The van der Waals surface area contributed by atoms with E-state index < -0.39 is 38.8 Å². The van der Waals surface area contributed by atoms with E-state index >= 15 is 0 Å². The highest BCUT2D eigenvalue weighted by atomic mass is 32.2. The smallest absolute Gasteiger partial charge is 0.412 e. The topological polar surface area (TPSA) is 160 Å². The van der Waals surface area contributed by atoms with Crippen LogP contribution in [0.25, 0.3) is 5.76 Å². The average molecular weight is 541 g/mol. The Balaban J connectivity index is 1.74. The van der Waals surface area contributed by atoms with Gasteiger partial charge in [-0.3, -0.25) is 10.1 Å². The van der Waals surface area contributed by atoms with Crippen LogP contribution in [-0.4, -0.2) is 36.8 Å². The molecular weight excluding hydrogens is 508 g/mol. The normalized spacial score (nSPS) is 20.3. The van der Waals surface area contributed by atoms with Crippen LogP contribution < -0.4 is 16.4 Å². The summed E-state index contributed by atoms with van der Waals surface area (Å²) in [5, 5.41) is 16.5. The third-order valence-electron chi connectivity index (χ3n) is 6.25. The summed E-state index contributed by atoms with van der Waals surface area (Å²) in [7, 11) is -4.33. The summed E-state index contributed by atoms with van der Waals surface area (Å²) in [6.45, 7) is 9.14. The van der Waals surface area contributed by atoms with Crippen LogP contribution in [-0.2, 0) is 25.1 Å². The van der Waals surface area contributed by atoms with E-state index in [0.717, 1.165) is 0 Å². The number of nitrogens with zero attached hydrogens (tertiary/aromatic N) is 1. The van der Waals surface area contributed by atoms with Crippen molar-refractivity contribution < 1.29 is 27.9 Å². The van der Waals surface area contributed by atoms with Gasteiger partial charge in [-0.05, 0) is 63.3 Å². The van der Waals surface area contributed by atoms with Gasteiger partial charge < -0.3 is 20.9 Å². The summed E-state index contributed by atoms with van der Waals surface area (Å²) in [6.07, 6.45) is 0.192. The first-order chi connectivity index (χ1) is 17.6. The van der Waals surface area contributed by atoms with Crippen LogP contribution >= 0.6 is 0 Å². The number of aliphatic hydroxyl groups is 1. The maximum atomic E-state index is 13.8. The number of carbonyl (C=O) groups is 2. The Morgan fingerprint density at radius 1 is 1.21 bits per heavy atom. The van der Waals surface area contributed by atoms with Gasteiger partial charge in [0.15, 0.2) is 11.6 Å². The molecule has 1 unspecified atom stereocenters. The molecule has 1 heterocycles. The quantitative estimate of drug-likeness (QED) is 0.425. The van der Waals surface area contributed by atoms with Crippen LogP contribution in [0.4, 0.5) is 16.2 Å². The van der Waals surface area contributed by atoms with E-state index in [4.69, 9.17) is 10.5 Å². The molecule has 1 aliphatic heterocycles. The molecule has 0 spiro atoms. The van der Waals surface area contributed by atoms with Crippen molar-refractivity contribution in [2.45, 2.75) is 63.5 Å². The number of sulfonamides is 1. The van der Waals surface area contributed by atoms with Crippen molar-refractivity contribution in [1.29, 1.82) is 0 Å². The fraction of sp³-hybridized carbons (Fsp3) is 0.370. The molecule has 11 heteroatoms. The molecule has 0 saturated carbocycles. The summed E-state index contributed by atoms with van der Waals surface area (Å²) in [4.78, 5) is 25.7. The first-order valence-corrected chi connectivity index (χ1v) is 13.7. The van der Waals surface area contributed by atoms with Crippen LogP contribution in [0.5, 0.6) is 0 Å². The number of amidine groups is 1. The molecule has 38 heavy (non-hydrogen) atoms. The van der Waals surface area contributed by atoms with E-state index in [1.165, 1.54) is 18.2 Å². The number of anilines is 2. The number of ketones is 1. The molecule has 5 N–H and O–H groups in total. The number of benzene rings is 2. The van der Waals surface area contributed by atoms with Gasteiger partial charge in [-0.25, -0.2) is 4.79 Å². The Hall–Kier alpha value is -3.70. The second-order valence-corrected chi connectivity index (χ2v) is 12.5. The van der Waals surface area contributed by atoms with E-state index in [-0.39, 0.29) is 33.6 Å². The zero-order valence-electron chi connectivity index (χ0n) is 22.0. The minimum Gasteiger partial charge on any atom is -0.506 e. The molecular formula is C27H32N4O6S. The number of Topliss-reactive ketones (excluding diaryl/α,β-unsaturated/α-hetero) is 1. The molecule has 2 aromatic rings. The molecule has 10 nitrogen and oxygen atoms in total. The molecule has 1 atom stereocenters. The predicted molar refractivity (Wildman–Crippen MR) is 145 cm³/mol. The molecule has 1 amide bonds. The fourth-order valence-electron chi connectivity index (χ4n) is 4.42. The number of hydrogen-bond donors (Lipinski definition) is 4. The highest BCUT2D eigenvalue weighted by Crippen LogP contribution is 2.41. The van der Waals surface area contributed by atoms with Crippen LogP contribution in [0.2, 0.25) is 0 Å². The average Bonchev–Trinajstić information content (AvgIpc) is 2.80. The second kappa shape index (κ2) is 9.55. The predicted octanol–water partition coefficient (Wildman–Crippen LogP) is 4.69. The van der Waals surface area contributed by atoms with Gasteiger partial charge in [0.25, 0.3) is 10.0 Å². The van der Waals surface area contributed by atoms with Crippen molar-refractivity contribution in [2.75, 3.05) is 10.6 Å². The monoisotopic (exact) mass is 540 g/mol. The SMILES string of the molecule is CC(C)CCC1(N)C(=O)C(C2=NS(=O)(=O)c3cc(NC(=O)OC(C)(C)C)ccc3N2)=C(O)c2ccccc21. The number of amides is 1. The molecule has 0 radical (unpaired) electrons. The lowest BCUT2D eigenvalue weighted by atomic mass is 9.72. The summed E-state index contributed by atoms with van der Waals surface area (Å²) in [5.74, 6) is -1.08. The maximum absolute atomic E-state index is 13.8. The van der Waals surface area contributed by atoms with Gasteiger partial charge in [-0.2, -0.15) is 8.42 Å². The van der Waals surface area contributed by atoms with Crippen molar-refractivity contribution in [2.24, 2.45) is 16.0 Å². The molecule has 2 aromatic carbocycles. The minimum absolute atomic E-state index is 0.126. The number of nitrogens with one attached hydrogen (secondary N) is 2. The number of hydrogen-bond acceptors (Lipinski definition) is 8. The molecule has 0 saturated heterocycles. The van der Waals surface area contributed by atoms with Gasteiger partial charge in [0, 0.05) is 11.3 Å². The molecule has 0 fully saturated rings. The highest BCUT2D eigenvalue weighted by Gasteiger charge is 2.47. The second-order valence-electron chi connectivity index (χ2n) is 10.9. The van der Waals surface area contributed by atoms with Crippen molar-refractivity contribution in [3.63, 3.8) is 0 Å². The van der Waals surface area contributed by atoms with Gasteiger partial charge >= 0.3 is 6.09 Å². The van der Waals surface area contributed by atoms with Crippen molar-refractivity contribution in [1.82, 2.24) is 0 Å². The van der Waals surface area contributed by atoms with E-state index in [2.05, 4.69) is 15.0 Å². The lowest BCUT2D eigenvalue weighted by Gasteiger charge is -2.36. The fourth-order valence-corrected chi connectivity index (χ4v) is 5.57. The molecule has 0 aromatic heterocycles. The van der Waals surface area contributed by atoms with Gasteiger partial charge in [0.1, 0.15) is 27.4 Å². The Labute approximate surface area is 222 Å². The maximum Gasteiger partial charge on any atom is 0.412 e. The summed E-state index contributed by atoms with van der Waals surface area (Å²) in [6, 6.07) is 10.9.